The van der Waals surface area contributed by atoms with Gasteiger partial charge in [-0.2, -0.15) is 0 Å². The summed E-state index contributed by atoms with van der Waals surface area (Å²) < 4.78 is 12.3. The Balaban J connectivity index is 1.82. The number of hydrogen-bond acceptors (Lipinski definition) is 3. The molecular formula is C16H14INO2. The van der Waals surface area contributed by atoms with Crippen molar-refractivity contribution < 1.29 is 9.47 Å². The molecule has 0 spiro atoms. The molecule has 0 aromatic heterocycles. The Morgan fingerprint density at radius 2 is 1.95 bits per heavy atom. The van der Waals surface area contributed by atoms with E-state index < -0.39 is 0 Å². The lowest BCUT2D eigenvalue weighted by Crippen LogP contribution is -2.30. The highest BCUT2D eigenvalue weighted by molar-refractivity contribution is 14.1. The van der Waals surface area contributed by atoms with Crippen LogP contribution in [0.25, 0.3) is 0 Å². The van der Waals surface area contributed by atoms with Crippen LogP contribution in [0.5, 0.6) is 11.5 Å². The van der Waals surface area contributed by atoms with Gasteiger partial charge < -0.3 is 14.8 Å². The van der Waals surface area contributed by atoms with Crippen molar-refractivity contribution in [3.8, 4) is 11.5 Å². The van der Waals surface area contributed by atoms with Crippen LogP contribution < -0.4 is 14.8 Å². The van der Waals surface area contributed by atoms with E-state index in [-0.39, 0.29) is 6.04 Å². The first kappa shape index (κ1) is 12.5. The van der Waals surface area contributed by atoms with Crippen molar-refractivity contribution in [3.63, 3.8) is 0 Å². The molecule has 0 fully saturated rings. The lowest BCUT2D eigenvalue weighted by atomic mass is 9.89. The summed E-state index contributed by atoms with van der Waals surface area (Å²) in [7, 11) is 0. The van der Waals surface area contributed by atoms with Crippen LogP contribution in [0.4, 0.5) is 0 Å². The molecule has 1 unspecified atom stereocenters. The van der Waals surface area contributed by atoms with E-state index in [0.29, 0.717) is 6.79 Å². The van der Waals surface area contributed by atoms with Crippen LogP contribution in [0.15, 0.2) is 36.4 Å². The predicted octanol–water partition coefficient (Wildman–Crippen LogP) is 3.26. The maximum absolute atomic E-state index is 5.52. The normalized spacial score (nSPS) is 19.8. The highest BCUT2D eigenvalue weighted by Gasteiger charge is 2.25. The molecule has 0 saturated heterocycles. The average Bonchev–Trinajstić information content (AvgIpc) is 2.91. The van der Waals surface area contributed by atoms with Crippen molar-refractivity contribution in [2.75, 3.05) is 13.3 Å². The van der Waals surface area contributed by atoms with Gasteiger partial charge in [0.2, 0.25) is 6.79 Å². The van der Waals surface area contributed by atoms with Crippen LogP contribution in [-0.4, -0.2) is 13.3 Å². The van der Waals surface area contributed by atoms with Gasteiger partial charge in [-0.25, -0.2) is 0 Å². The molecule has 2 aliphatic heterocycles. The van der Waals surface area contributed by atoms with Gasteiger partial charge in [0.05, 0.1) is 6.04 Å². The van der Waals surface area contributed by atoms with E-state index in [2.05, 4.69) is 64.3 Å². The fraction of sp³-hybridized carbons (Fsp3) is 0.250. The first-order valence-corrected chi connectivity index (χ1v) is 7.80. The van der Waals surface area contributed by atoms with E-state index in [4.69, 9.17) is 9.47 Å². The number of nitrogens with one attached hydrogen (secondary N) is 1. The molecule has 1 N–H and O–H groups in total. The summed E-state index contributed by atoms with van der Waals surface area (Å²) in [5.41, 5.74) is 3.97. The summed E-state index contributed by atoms with van der Waals surface area (Å²) in [4.78, 5) is 0. The number of rotatable bonds is 1. The topological polar surface area (TPSA) is 30.5 Å². The second-order valence-electron chi connectivity index (χ2n) is 5.10. The predicted molar refractivity (Wildman–Crippen MR) is 85.3 cm³/mol. The molecule has 0 amide bonds. The number of benzene rings is 2. The molecular weight excluding hydrogens is 365 g/mol. The summed E-state index contributed by atoms with van der Waals surface area (Å²) in [5, 5.41) is 3.61. The third-order valence-electron chi connectivity index (χ3n) is 3.87. The molecule has 0 bridgehead atoms. The summed E-state index contributed by atoms with van der Waals surface area (Å²) in [6.45, 7) is 1.32. The quantitative estimate of drug-likeness (QED) is 0.772. The lowest BCUT2D eigenvalue weighted by Gasteiger charge is -2.27. The first-order chi connectivity index (χ1) is 9.81. The van der Waals surface area contributed by atoms with E-state index >= 15 is 0 Å². The molecule has 20 heavy (non-hydrogen) atoms. The molecule has 3 nitrogen and oxygen atoms in total. The van der Waals surface area contributed by atoms with Crippen LogP contribution in [0.2, 0.25) is 0 Å². The number of ether oxygens (including phenoxy) is 2. The SMILES string of the molecule is Ic1cccc(C2NCCc3cc4c(cc32)OCO4)c1. The second kappa shape index (κ2) is 4.93. The Bertz CT molecular complexity index is 672. The van der Waals surface area contributed by atoms with Gasteiger partial charge in [-0.05, 0) is 70.0 Å². The Morgan fingerprint density at radius 3 is 2.80 bits per heavy atom. The number of halogens is 1. The van der Waals surface area contributed by atoms with Crippen LogP contribution >= 0.6 is 22.6 Å². The summed E-state index contributed by atoms with van der Waals surface area (Å²) in [5.74, 6) is 1.75. The van der Waals surface area contributed by atoms with Gasteiger partial charge in [0.25, 0.3) is 0 Å². The highest BCUT2D eigenvalue weighted by Crippen LogP contribution is 2.39. The van der Waals surface area contributed by atoms with E-state index in [0.717, 1.165) is 24.5 Å². The number of hydrogen-bond donors (Lipinski definition) is 1. The molecule has 1 atom stereocenters. The van der Waals surface area contributed by atoms with Crippen LogP contribution in [0.3, 0.4) is 0 Å². The zero-order valence-electron chi connectivity index (χ0n) is 10.9. The molecule has 4 heteroatoms. The fourth-order valence-electron chi connectivity index (χ4n) is 2.93. The van der Waals surface area contributed by atoms with Crippen LogP contribution in [0, 0.1) is 3.57 Å². The average molecular weight is 379 g/mol. The van der Waals surface area contributed by atoms with Crippen LogP contribution in [0.1, 0.15) is 22.7 Å². The van der Waals surface area contributed by atoms with Gasteiger partial charge >= 0.3 is 0 Å². The van der Waals surface area contributed by atoms with E-state index in [1.165, 1.54) is 20.3 Å². The molecule has 2 heterocycles. The molecule has 2 aromatic rings. The molecule has 0 saturated carbocycles. The fourth-order valence-corrected chi connectivity index (χ4v) is 3.50. The molecule has 2 aliphatic rings. The molecule has 0 aliphatic carbocycles. The second-order valence-corrected chi connectivity index (χ2v) is 6.34. The largest absolute Gasteiger partial charge is 0.454 e. The van der Waals surface area contributed by atoms with Gasteiger partial charge in [-0.3, -0.25) is 0 Å². The van der Waals surface area contributed by atoms with E-state index in [1.54, 1.807) is 0 Å². The molecule has 102 valence electrons. The minimum Gasteiger partial charge on any atom is -0.454 e. The monoisotopic (exact) mass is 379 g/mol. The minimum absolute atomic E-state index is 0.239. The lowest BCUT2D eigenvalue weighted by molar-refractivity contribution is 0.174. The Morgan fingerprint density at radius 1 is 1.10 bits per heavy atom. The highest BCUT2D eigenvalue weighted by atomic mass is 127. The molecule has 0 radical (unpaired) electrons. The van der Waals surface area contributed by atoms with Crippen molar-refractivity contribution in [2.45, 2.75) is 12.5 Å². The first-order valence-electron chi connectivity index (χ1n) is 6.72. The molecule has 4 rings (SSSR count). The summed E-state index contributed by atoms with van der Waals surface area (Å²) in [6, 6.07) is 13.2. The van der Waals surface area contributed by atoms with Crippen molar-refractivity contribution in [1.29, 1.82) is 0 Å². The Hall–Kier alpha value is -1.27. The van der Waals surface area contributed by atoms with Gasteiger partial charge in [0.15, 0.2) is 11.5 Å². The third kappa shape index (κ3) is 2.07. The van der Waals surface area contributed by atoms with Gasteiger partial charge in [-0.15, -0.1) is 0 Å². The van der Waals surface area contributed by atoms with E-state index in [9.17, 15) is 0 Å². The standard InChI is InChI=1S/C16H14INO2/c17-12-3-1-2-11(6-12)16-13-8-15-14(19-9-20-15)7-10(13)4-5-18-16/h1-3,6-8,16,18H,4-5,9H2. The third-order valence-corrected chi connectivity index (χ3v) is 4.54. The maximum Gasteiger partial charge on any atom is 0.231 e. The zero-order chi connectivity index (χ0) is 13.5. The van der Waals surface area contributed by atoms with Crippen molar-refractivity contribution in [2.24, 2.45) is 0 Å². The zero-order valence-corrected chi connectivity index (χ0v) is 13.0. The smallest absolute Gasteiger partial charge is 0.231 e. The maximum atomic E-state index is 5.52. The van der Waals surface area contributed by atoms with Crippen molar-refractivity contribution in [3.05, 3.63) is 56.7 Å². The van der Waals surface area contributed by atoms with E-state index in [1.807, 2.05) is 0 Å². The van der Waals surface area contributed by atoms with Crippen molar-refractivity contribution in [1.82, 2.24) is 5.32 Å². The van der Waals surface area contributed by atoms with Crippen molar-refractivity contribution >= 4 is 22.6 Å². The van der Waals surface area contributed by atoms with Gasteiger partial charge in [-0.1, -0.05) is 12.1 Å². The Kier molecular flexibility index (Phi) is 3.07. The van der Waals surface area contributed by atoms with Gasteiger partial charge in [0.1, 0.15) is 0 Å². The summed E-state index contributed by atoms with van der Waals surface area (Å²) >= 11 is 2.36. The Labute approximate surface area is 131 Å². The molecule has 2 aromatic carbocycles. The summed E-state index contributed by atoms with van der Waals surface area (Å²) in [6.07, 6.45) is 1.03. The number of fused-ring (bicyclic) bond motifs is 2. The van der Waals surface area contributed by atoms with Gasteiger partial charge in [0, 0.05) is 10.1 Å². The van der Waals surface area contributed by atoms with Crippen LogP contribution in [-0.2, 0) is 6.42 Å². The minimum atomic E-state index is 0.239.